The number of thioether (sulfide) groups is 1. The van der Waals surface area contributed by atoms with Crippen LogP contribution in [0.25, 0.3) is 10.2 Å². The van der Waals surface area contributed by atoms with Crippen molar-refractivity contribution in [2.24, 2.45) is 0 Å². The molecule has 0 aliphatic rings. The number of thiazole rings is 1. The molecule has 0 aliphatic heterocycles. The molecule has 0 fully saturated rings. The van der Waals surface area contributed by atoms with Gasteiger partial charge in [0.25, 0.3) is 0 Å². The van der Waals surface area contributed by atoms with Crippen molar-refractivity contribution < 1.29 is 13.5 Å². The van der Waals surface area contributed by atoms with Crippen LogP contribution in [-0.4, -0.2) is 30.0 Å². The number of para-hydroxylation sites is 1. The van der Waals surface area contributed by atoms with E-state index in [0.717, 1.165) is 14.6 Å². The first-order valence-corrected chi connectivity index (χ1v) is 10.8. The zero-order valence-corrected chi connectivity index (χ0v) is 15.1. The normalized spacial score (nSPS) is 11.7. The molecule has 3 rings (SSSR count). The van der Waals surface area contributed by atoms with E-state index in [2.05, 4.69) is 9.71 Å². The maximum Gasteiger partial charge on any atom is 0.232 e. The Bertz CT molecular complexity index is 905. The van der Waals surface area contributed by atoms with Gasteiger partial charge in [0, 0.05) is 11.8 Å². The van der Waals surface area contributed by atoms with Gasteiger partial charge in [-0.05, 0) is 30.7 Å². The summed E-state index contributed by atoms with van der Waals surface area (Å²) in [5.41, 5.74) is 1.34. The van der Waals surface area contributed by atoms with E-state index in [0.29, 0.717) is 17.9 Å². The molecule has 2 N–H and O–H groups in total. The average molecular weight is 381 g/mol. The van der Waals surface area contributed by atoms with Gasteiger partial charge in [0.2, 0.25) is 10.0 Å². The van der Waals surface area contributed by atoms with Crippen LogP contribution >= 0.6 is 23.1 Å². The quantitative estimate of drug-likeness (QED) is 0.480. The molecule has 0 bridgehead atoms. The maximum absolute atomic E-state index is 12.0. The van der Waals surface area contributed by atoms with E-state index in [1.54, 1.807) is 35.2 Å². The predicted octanol–water partition coefficient (Wildman–Crippen LogP) is 3.93. The lowest BCUT2D eigenvalue weighted by molar-refractivity contribution is 0.475. The van der Waals surface area contributed by atoms with Crippen LogP contribution in [-0.2, 0) is 10.0 Å². The highest BCUT2D eigenvalue weighted by atomic mass is 32.2. The standard InChI is InChI=1S/C16H16N2O3S3/c19-13-6-3-5-12(11-13)18-24(20,21)10-4-9-22-16-17-14-7-1-2-8-15(14)23-16/h1-3,5-8,11,18-19H,4,9-10H2. The van der Waals surface area contributed by atoms with E-state index in [4.69, 9.17) is 0 Å². The van der Waals surface area contributed by atoms with Crippen molar-refractivity contribution in [3.05, 3.63) is 48.5 Å². The van der Waals surface area contributed by atoms with E-state index < -0.39 is 10.0 Å². The monoisotopic (exact) mass is 380 g/mol. The summed E-state index contributed by atoms with van der Waals surface area (Å²) in [4.78, 5) is 4.51. The Kier molecular flexibility index (Phi) is 5.27. The highest BCUT2D eigenvalue weighted by Crippen LogP contribution is 2.29. The largest absolute Gasteiger partial charge is 0.508 e. The second kappa shape index (κ2) is 7.42. The van der Waals surface area contributed by atoms with Crippen molar-refractivity contribution in [3.63, 3.8) is 0 Å². The van der Waals surface area contributed by atoms with E-state index in [1.165, 1.54) is 12.1 Å². The zero-order valence-electron chi connectivity index (χ0n) is 12.7. The van der Waals surface area contributed by atoms with Gasteiger partial charge >= 0.3 is 0 Å². The summed E-state index contributed by atoms with van der Waals surface area (Å²) in [7, 11) is -3.42. The fourth-order valence-corrected chi connectivity index (χ4v) is 5.49. The Morgan fingerprint density at radius 2 is 2.00 bits per heavy atom. The number of phenols is 1. The van der Waals surface area contributed by atoms with Crippen LogP contribution in [0.15, 0.2) is 52.9 Å². The van der Waals surface area contributed by atoms with Crippen LogP contribution in [0.2, 0.25) is 0 Å². The molecule has 8 heteroatoms. The number of anilines is 1. The third kappa shape index (κ3) is 4.62. The third-order valence-electron chi connectivity index (χ3n) is 3.18. The Morgan fingerprint density at radius 3 is 2.79 bits per heavy atom. The van der Waals surface area contributed by atoms with E-state index in [-0.39, 0.29) is 11.5 Å². The van der Waals surface area contributed by atoms with Gasteiger partial charge in [-0.2, -0.15) is 0 Å². The minimum Gasteiger partial charge on any atom is -0.508 e. The van der Waals surface area contributed by atoms with Crippen LogP contribution < -0.4 is 4.72 Å². The fourth-order valence-electron chi connectivity index (χ4n) is 2.12. The van der Waals surface area contributed by atoms with E-state index in [9.17, 15) is 13.5 Å². The minimum absolute atomic E-state index is 0.0283. The molecule has 0 spiro atoms. The molecular weight excluding hydrogens is 364 g/mol. The number of phenolic OH excluding ortho intramolecular Hbond substituents is 1. The Morgan fingerprint density at radius 1 is 1.17 bits per heavy atom. The van der Waals surface area contributed by atoms with Crippen molar-refractivity contribution in [3.8, 4) is 5.75 Å². The molecule has 5 nitrogen and oxygen atoms in total. The number of fused-ring (bicyclic) bond motifs is 1. The van der Waals surface area contributed by atoms with Crippen LogP contribution in [0.4, 0.5) is 5.69 Å². The molecule has 0 amide bonds. The van der Waals surface area contributed by atoms with Gasteiger partial charge in [0.15, 0.2) is 4.34 Å². The van der Waals surface area contributed by atoms with Crippen LogP contribution in [0.5, 0.6) is 5.75 Å². The summed E-state index contributed by atoms with van der Waals surface area (Å²) in [6, 6.07) is 14.0. The lowest BCUT2D eigenvalue weighted by Crippen LogP contribution is -2.17. The number of sulfonamides is 1. The van der Waals surface area contributed by atoms with Crippen molar-refractivity contribution >= 4 is 49.0 Å². The SMILES string of the molecule is O=S(=O)(CCCSc1nc2ccccc2s1)Nc1cccc(O)c1. The van der Waals surface area contributed by atoms with E-state index >= 15 is 0 Å². The van der Waals surface area contributed by atoms with Crippen molar-refractivity contribution in [1.82, 2.24) is 4.98 Å². The Balaban J connectivity index is 1.50. The number of nitrogens with one attached hydrogen (secondary N) is 1. The Labute approximate surface area is 148 Å². The van der Waals surface area contributed by atoms with Crippen LogP contribution in [0.3, 0.4) is 0 Å². The predicted molar refractivity (Wildman–Crippen MR) is 100 cm³/mol. The van der Waals surface area contributed by atoms with Crippen molar-refractivity contribution in [1.29, 1.82) is 0 Å². The lowest BCUT2D eigenvalue weighted by atomic mass is 10.3. The van der Waals surface area contributed by atoms with E-state index in [1.807, 2.05) is 24.3 Å². The summed E-state index contributed by atoms with van der Waals surface area (Å²) < 4.78 is 28.7. The molecule has 1 aromatic heterocycles. The molecule has 0 saturated heterocycles. The van der Waals surface area contributed by atoms with Gasteiger partial charge in [0.1, 0.15) is 5.75 Å². The first-order chi connectivity index (χ1) is 11.5. The number of rotatable bonds is 7. The molecule has 1 heterocycles. The van der Waals surface area contributed by atoms with Crippen LogP contribution in [0.1, 0.15) is 6.42 Å². The first kappa shape index (κ1) is 17.1. The molecule has 126 valence electrons. The van der Waals surface area contributed by atoms with Crippen LogP contribution in [0, 0.1) is 0 Å². The molecule has 24 heavy (non-hydrogen) atoms. The Hall–Kier alpha value is -1.77. The number of hydrogen-bond donors (Lipinski definition) is 2. The molecule has 0 saturated carbocycles. The van der Waals surface area contributed by atoms with Gasteiger partial charge in [-0.15, -0.1) is 11.3 Å². The molecule has 0 atom stereocenters. The maximum atomic E-state index is 12.0. The highest BCUT2D eigenvalue weighted by molar-refractivity contribution is 8.01. The smallest absolute Gasteiger partial charge is 0.232 e. The summed E-state index contributed by atoms with van der Waals surface area (Å²) in [5.74, 6) is 0.739. The van der Waals surface area contributed by atoms with Gasteiger partial charge < -0.3 is 5.11 Å². The molecule has 0 unspecified atom stereocenters. The third-order valence-corrected chi connectivity index (χ3v) is 6.82. The number of hydrogen-bond acceptors (Lipinski definition) is 6. The fraction of sp³-hybridized carbons (Fsp3) is 0.188. The van der Waals surface area contributed by atoms with Gasteiger partial charge in [0.05, 0.1) is 21.7 Å². The van der Waals surface area contributed by atoms with Gasteiger partial charge in [-0.3, -0.25) is 4.72 Å². The molecule has 0 radical (unpaired) electrons. The summed E-state index contributed by atoms with van der Waals surface area (Å²) in [5, 5.41) is 9.37. The second-order valence-corrected chi connectivity index (χ2v) is 9.34. The number of benzene rings is 2. The summed E-state index contributed by atoms with van der Waals surface area (Å²) in [6.45, 7) is 0. The zero-order chi connectivity index (χ0) is 17.0. The number of nitrogens with zero attached hydrogens (tertiary/aromatic N) is 1. The summed E-state index contributed by atoms with van der Waals surface area (Å²) >= 11 is 3.19. The lowest BCUT2D eigenvalue weighted by Gasteiger charge is -2.07. The minimum atomic E-state index is -3.42. The second-order valence-electron chi connectivity index (χ2n) is 5.12. The number of aromatic hydroxyl groups is 1. The molecular formula is C16H16N2O3S3. The van der Waals surface area contributed by atoms with Gasteiger partial charge in [-0.1, -0.05) is 30.0 Å². The molecule has 2 aromatic carbocycles. The van der Waals surface area contributed by atoms with Crippen molar-refractivity contribution in [2.75, 3.05) is 16.2 Å². The highest BCUT2D eigenvalue weighted by Gasteiger charge is 2.11. The molecule has 3 aromatic rings. The van der Waals surface area contributed by atoms with Gasteiger partial charge in [-0.25, -0.2) is 13.4 Å². The molecule has 0 aliphatic carbocycles. The topological polar surface area (TPSA) is 79.3 Å². The first-order valence-electron chi connectivity index (χ1n) is 7.30. The van der Waals surface area contributed by atoms with Crippen molar-refractivity contribution in [2.45, 2.75) is 10.8 Å². The average Bonchev–Trinajstić information content (AvgIpc) is 2.94. The number of aromatic nitrogens is 1. The summed E-state index contributed by atoms with van der Waals surface area (Å²) in [6.07, 6.45) is 0.523.